The molecule has 4 rings (SSSR count). The predicted molar refractivity (Wildman–Crippen MR) is 113 cm³/mol. The number of piperidine rings is 1. The van der Waals surface area contributed by atoms with Gasteiger partial charge in [0.2, 0.25) is 0 Å². The van der Waals surface area contributed by atoms with Crippen LogP contribution in [0.25, 0.3) is 5.57 Å². The van der Waals surface area contributed by atoms with E-state index in [0.717, 1.165) is 30.0 Å². The topological polar surface area (TPSA) is 90.2 Å². The SMILES string of the molecule is C=CN(C)N(C)n1ncc(C#N)c1/C(=C\C)c1ccc(N2C[C@@H]3C(N)[C@@H]3C2)nc1. The molecule has 1 aliphatic heterocycles. The van der Waals surface area contributed by atoms with Crippen LogP contribution in [-0.2, 0) is 0 Å². The lowest BCUT2D eigenvalue weighted by Gasteiger charge is -2.29. The molecule has 1 unspecified atom stereocenters. The number of hydrogen-bond donors (Lipinski definition) is 1. The average molecular weight is 390 g/mol. The van der Waals surface area contributed by atoms with Gasteiger partial charge in [0.25, 0.3) is 0 Å². The molecule has 3 heterocycles. The Hall–Kier alpha value is -3.31. The van der Waals surface area contributed by atoms with Crippen molar-refractivity contribution in [3.63, 3.8) is 0 Å². The van der Waals surface area contributed by atoms with Gasteiger partial charge in [0.05, 0.1) is 6.20 Å². The van der Waals surface area contributed by atoms with E-state index in [4.69, 9.17) is 10.7 Å². The predicted octanol–water partition coefficient (Wildman–Crippen LogP) is 1.55. The molecule has 0 aromatic carbocycles. The Labute approximate surface area is 171 Å². The molecule has 0 bridgehead atoms. The number of pyridine rings is 1. The van der Waals surface area contributed by atoms with Crippen LogP contribution in [0.2, 0.25) is 0 Å². The fourth-order valence-electron chi connectivity index (χ4n) is 4.08. The third kappa shape index (κ3) is 3.13. The lowest BCUT2D eigenvalue weighted by Crippen LogP contribution is -2.42. The molecule has 3 atom stereocenters. The molecule has 2 aromatic rings. The van der Waals surface area contributed by atoms with E-state index in [2.05, 4.69) is 28.7 Å². The smallest absolute Gasteiger partial charge is 0.128 e. The van der Waals surface area contributed by atoms with Crippen LogP contribution in [0.3, 0.4) is 0 Å². The van der Waals surface area contributed by atoms with Gasteiger partial charge in [-0.15, -0.1) is 0 Å². The lowest BCUT2D eigenvalue weighted by molar-refractivity contribution is 0.321. The van der Waals surface area contributed by atoms with Crippen LogP contribution in [0.4, 0.5) is 5.82 Å². The summed E-state index contributed by atoms with van der Waals surface area (Å²) >= 11 is 0. The zero-order chi connectivity index (χ0) is 20.7. The molecular formula is C21H26N8. The van der Waals surface area contributed by atoms with Crippen molar-refractivity contribution in [3.05, 3.63) is 60.2 Å². The summed E-state index contributed by atoms with van der Waals surface area (Å²) in [6.45, 7) is 7.71. The Kier molecular flexibility index (Phi) is 4.76. The number of rotatable bonds is 6. The summed E-state index contributed by atoms with van der Waals surface area (Å²) in [5.74, 6) is 2.21. The molecule has 2 N–H and O–H groups in total. The van der Waals surface area contributed by atoms with Crippen molar-refractivity contribution in [3.8, 4) is 6.07 Å². The van der Waals surface area contributed by atoms with Crippen molar-refractivity contribution in [1.82, 2.24) is 19.9 Å². The summed E-state index contributed by atoms with van der Waals surface area (Å²) in [6, 6.07) is 6.71. The normalized spacial score (nSPS) is 22.8. The Morgan fingerprint density at radius 2 is 2.03 bits per heavy atom. The zero-order valence-corrected chi connectivity index (χ0v) is 17.0. The highest BCUT2D eigenvalue weighted by Crippen LogP contribution is 2.44. The van der Waals surface area contributed by atoms with E-state index in [1.54, 1.807) is 27.3 Å². The van der Waals surface area contributed by atoms with E-state index in [0.29, 0.717) is 29.1 Å². The van der Waals surface area contributed by atoms with Crippen LogP contribution in [0.5, 0.6) is 0 Å². The van der Waals surface area contributed by atoms with Gasteiger partial charge in [-0.05, 0) is 30.9 Å². The van der Waals surface area contributed by atoms with Crippen molar-refractivity contribution < 1.29 is 0 Å². The molecule has 2 aromatic heterocycles. The van der Waals surface area contributed by atoms with Crippen LogP contribution < -0.4 is 15.8 Å². The maximum Gasteiger partial charge on any atom is 0.128 e. The van der Waals surface area contributed by atoms with E-state index in [-0.39, 0.29) is 0 Å². The van der Waals surface area contributed by atoms with Crippen molar-refractivity contribution in [2.75, 3.05) is 37.2 Å². The molecule has 150 valence electrons. The number of nitriles is 1. The van der Waals surface area contributed by atoms with E-state index < -0.39 is 0 Å². The van der Waals surface area contributed by atoms with Gasteiger partial charge >= 0.3 is 0 Å². The van der Waals surface area contributed by atoms with Gasteiger partial charge in [-0.25, -0.2) is 10.1 Å². The van der Waals surface area contributed by atoms with Crippen molar-refractivity contribution >= 4 is 11.4 Å². The standard InChI is InChI=1S/C21H26N8/c1-5-16(21-15(9-22)11-25-29(21)27(4)26(3)6-2)14-7-8-19(24-10-14)28-12-17-18(13-28)20(17)23/h5-8,10-11,17-18,20H,2,12-13,23H2,1,3-4H3/b16-5-/t17-,18+,20?. The monoisotopic (exact) mass is 390 g/mol. The molecule has 1 saturated heterocycles. The summed E-state index contributed by atoms with van der Waals surface area (Å²) in [6.07, 6.45) is 7.10. The number of nitrogens with two attached hydrogens (primary N) is 1. The summed E-state index contributed by atoms with van der Waals surface area (Å²) in [5.41, 5.74) is 9.09. The highest BCUT2D eigenvalue weighted by Gasteiger charge is 2.53. The minimum Gasteiger partial charge on any atom is -0.356 e. The summed E-state index contributed by atoms with van der Waals surface area (Å²) in [7, 11) is 3.72. The second-order valence-corrected chi connectivity index (χ2v) is 7.57. The highest BCUT2D eigenvalue weighted by molar-refractivity contribution is 5.80. The number of anilines is 1. The lowest BCUT2D eigenvalue weighted by atomic mass is 10.0. The fraction of sp³-hybridized carbons (Fsp3) is 0.381. The van der Waals surface area contributed by atoms with Crippen LogP contribution in [-0.4, -0.2) is 53.1 Å². The van der Waals surface area contributed by atoms with Gasteiger partial charge in [0.1, 0.15) is 23.1 Å². The molecule has 2 aliphatic rings. The number of fused-ring (bicyclic) bond motifs is 1. The average Bonchev–Trinajstić information content (AvgIpc) is 3.14. The number of hydrazine groups is 1. The maximum absolute atomic E-state index is 9.62. The van der Waals surface area contributed by atoms with Gasteiger partial charge in [0.15, 0.2) is 0 Å². The number of nitrogens with zero attached hydrogens (tertiary/aromatic N) is 7. The van der Waals surface area contributed by atoms with E-state index >= 15 is 0 Å². The minimum atomic E-state index is 0.371. The molecule has 0 radical (unpaired) electrons. The van der Waals surface area contributed by atoms with Gasteiger partial charge in [-0.1, -0.05) is 12.7 Å². The van der Waals surface area contributed by atoms with Crippen molar-refractivity contribution in [2.24, 2.45) is 17.6 Å². The summed E-state index contributed by atoms with van der Waals surface area (Å²) in [5, 5.41) is 17.6. The van der Waals surface area contributed by atoms with Crippen LogP contribution in [0.15, 0.2) is 43.4 Å². The summed E-state index contributed by atoms with van der Waals surface area (Å²) in [4.78, 5) is 8.69. The first-order chi connectivity index (χ1) is 14.0. The van der Waals surface area contributed by atoms with Crippen LogP contribution in [0.1, 0.15) is 23.7 Å². The van der Waals surface area contributed by atoms with E-state index in [1.165, 1.54) is 0 Å². The molecule has 29 heavy (non-hydrogen) atoms. The molecule has 8 nitrogen and oxygen atoms in total. The second-order valence-electron chi connectivity index (χ2n) is 7.57. The Morgan fingerprint density at radius 1 is 1.31 bits per heavy atom. The van der Waals surface area contributed by atoms with Crippen LogP contribution in [0, 0.1) is 23.2 Å². The first-order valence-electron chi connectivity index (χ1n) is 9.71. The molecule has 8 heteroatoms. The Morgan fingerprint density at radius 3 is 2.59 bits per heavy atom. The Bertz CT molecular complexity index is 971. The van der Waals surface area contributed by atoms with Gasteiger partial charge < -0.3 is 10.6 Å². The first kappa shape index (κ1) is 19.0. The maximum atomic E-state index is 9.62. The third-order valence-electron chi connectivity index (χ3n) is 6.05. The van der Waals surface area contributed by atoms with E-state index in [1.807, 2.05) is 39.4 Å². The number of aromatic nitrogens is 3. The number of allylic oxidation sites excluding steroid dienone is 1. The molecule has 0 amide bonds. The quantitative estimate of drug-likeness (QED) is 0.749. The van der Waals surface area contributed by atoms with Gasteiger partial charge in [-0.2, -0.15) is 15.2 Å². The highest BCUT2D eigenvalue weighted by atomic mass is 15.9. The Balaban J connectivity index is 1.64. The molecule has 1 saturated carbocycles. The molecular weight excluding hydrogens is 364 g/mol. The molecule has 0 spiro atoms. The summed E-state index contributed by atoms with van der Waals surface area (Å²) < 4.78 is 0. The van der Waals surface area contributed by atoms with Crippen LogP contribution >= 0.6 is 0 Å². The van der Waals surface area contributed by atoms with Crippen molar-refractivity contribution in [2.45, 2.75) is 13.0 Å². The first-order valence-corrected chi connectivity index (χ1v) is 9.71. The largest absolute Gasteiger partial charge is 0.356 e. The third-order valence-corrected chi connectivity index (χ3v) is 6.05. The minimum absolute atomic E-state index is 0.371. The molecule has 1 aliphatic carbocycles. The van der Waals surface area contributed by atoms with Crippen molar-refractivity contribution in [1.29, 1.82) is 5.26 Å². The zero-order valence-electron chi connectivity index (χ0n) is 17.0. The van der Waals surface area contributed by atoms with Gasteiger partial charge in [-0.3, -0.25) is 5.01 Å². The fourth-order valence-corrected chi connectivity index (χ4v) is 4.08. The molecule has 2 fully saturated rings. The van der Waals surface area contributed by atoms with E-state index in [9.17, 15) is 5.26 Å². The number of hydrogen-bond acceptors (Lipinski definition) is 7. The second kappa shape index (κ2) is 7.26. The van der Waals surface area contributed by atoms with Gasteiger partial charge in [0, 0.05) is 56.8 Å².